The first-order chi connectivity index (χ1) is 19.4. The number of benzene rings is 2. The largest absolute Gasteiger partial charge is 0.392 e. The average molecular weight is 547 g/mol. The monoisotopic (exact) mass is 546 g/mol. The van der Waals surface area contributed by atoms with Crippen molar-refractivity contribution in [2.24, 2.45) is 13.0 Å². The van der Waals surface area contributed by atoms with Crippen LogP contribution >= 0.6 is 0 Å². The molecule has 1 saturated carbocycles. The second-order valence-corrected chi connectivity index (χ2v) is 10.4. The predicted octanol–water partition coefficient (Wildman–Crippen LogP) is 4.93. The van der Waals surface area contributed by atoms with Crippen LogP contribution in [0.2, 0.25) is 0 Å². The Morgan fingerprint density at radius 1 is 1.20 bits per heavy atom. The first-order valence-corrected chi connectivity index (χ1v) is 13.5. The van der Waals surface area contributed by atoms with E-state index in [0.29, 0.717) is 18.3 Å². The van der Waals surface area contributed by atoms with Gasteiger partial charge in [0.15, 0.2) is 0 Å². The van der Waals surface area contributed by atoms with Crippen LogP contribution in [0.1, 0.15) is 41.9 Å². The molecule has 4 aromatic rings. The number of urea groups is 1. The van der Waals surface area contributed by atoms with Gasteiger partial charge in [-0.2, -0.15) is 10.2 Å². The summed E-state index contributed by atoms with van der Waals surface area (Å²) in [6.07, 6.45) is 6.11. The van der Waals surface area contributed by atoms with Crippen molar-refractivity contribution in [3.8, 4) is 16.9 Å². The summed E-state index contributed by atoms with van der Waals surface area (Å²) >= 11 is 0. The van der Waals surface area contributed by atoms with Gasteiger partial charge in [-0.15, -0.1) is 0 Å². The number of aliphatic hydroxyl groups excluding tert-OH is 1. The van der Waals surface area contributed by atoms with Crippen LogP contribution < -0.4 is 10.6 Å². The molecule has 1 aliphatic rings. The molecule has 3 atom stereocenters. The topological polar surface area (TPSA) is 106 Å². The molecule has 0 saturated heterocycles. The van der Waals surface area contributed by atoms with E-state index in [0.717, 1.165) is 47.3 Å². The molecule has 5 rings (SSSR count). The highest BCUT2D eigenvalue weighted by atomic mass is 19.1. The number of nitrogens with one attached hydrogen (secondary N) is 2. The van der Waals surface area contributed by atoms with E-state index < -0.39 is 5.82 Å². The van der Waals surface area contributed by atoms with Crippen molar-refractivity contribution in [3.05, 3.63) is 83.4 Å². The molecule has 1 aliphatic carbocycles. The molecule has 2 amide bonds. The van der Waals surface area contributed by atoms with Gasteiger partial charge in [0.2, 0.25) is 0 Å². The van der Waals surface area contributed by atoms with Crippen molar-refractivity contribution in [3.63, 3.8) is 0 Å². The second-order valence-electron chi connectivity index (χ2n) is 10.4. The summed E-state index contributed by atoms with van der Waals surface area (Å²) in [6.45, 7) is 2.19. The maximum atomic E-state index is 14.1. The maximum Gasteiger partial charge on any atom is 0.320 e. The van der Waals surface area contributed by atoms with Crippen LogP contribution in [0.15, 0.2) is 60.9 Å². The minimum Gasteiger partial charge on any atom is -0.392 e. The number of carbonyl (C=O) groups excluding carboxylic acids is 1. The van der Waals surface area contributed by atoms with Gasteiger partial charge in [-0.25, -0.2) is 13.9 Å². The molecule has 10 heteroatoms. The molecule has 2 aromatic heterocycles. The highest BCUT2D eigenvalue weighted by Crippen LogP contribution is 2.41. The lowest BCUT2D eigenvalue weighted by atomic mass is 9.92. The highest BCUT2D eigenvalue weighted by Gasteiger charge is 2.36. The number of nitrogens with zero attached hydrogens (tertiary/aromatic N) is 4. The van der Waals surface area contributed by atoms with Crippen LogP contribution in [-0.4, -0.2) is 50.5 Å². The number of rotatable bonds is 9. The van der Waals surface area contributed by atoms with Gasteiger partial charge in [0.25, 0.3) is 0 Å². The average Bonchev–Trinajstić information content (AvgIpc) is 3.65. The normalized spacial score (nSPS) is 18.7. The molecule has 9 nitrogen and oxygen atoms in total. The number of carbonyl (C=O) groups is 1. The van der Waals surface area contributed by atoms with Crippen LogP contribution in [-0.2, 0) is 18.4 Å². The first kappa shape index (κ1) is 27.5. The Labute approximate surface area is 233 Å². The van der Waals surface area contributed by atoms with Gasteiger partial charge in [0.05, 0.1) is 18.5 Å². The van der Waals surface area contributed by atoms with Gasteiger partial charge >= 0.3 is 6.03 Å². The van der Waals surface area contributed by atoms with E-state index in [2.05, 4.69) is 15.7 Å². The molecule has 0 bridgehead atoms. The minimum atomic E-state index is -0.434. The van der Waals surface area contributed by atoms with Crippen LogP contribution in [0.5, 0.6) is 0 Å². The Balaban J connectivity index is 1.42. The molecule has 0 radical (unpaired) electrons. The summed E-state index contributed by atoms with van der Waals surface area (Å²) in [4.78, 5) is 13.5. The number of hydrogen-bond acceptors (Lipinski definition) is 5. The summed E-state index contributed by atoms with van der Waals surface area (Å²) in [5.74, 6) is 0.449. The SMILES string of the molecule is COCC[C@@H]1C[C@@H](NC(=O)Nc2c(C)c(-c3cnn(C)c3)nn2-c2ccccc2)[C@H](c2ccc(F)c(CO)c2)C1. The van der Waals surface area contributed by atoms with Gasteiger partial charge < -0.3 is 15.2 Å². The molecule has 210 valence electrons. The summed E-state index contributed by atoms with van der Waals surface area (Å²) in [6, 6.07) is 14.0. The minimum absolute atomic E-state index is 0.0235. The number of aromatic nitrogens is 4. The summed E-state index contributed by atoms with van der Waals surface area (Å²) in [5.41, 5.74) is 4.38. The summed E-state index contributed by atoms with van der Waals surface area (Å²) < 4.78 is 22.9. The zero-order valence-corrected chi connectivity index (χ0v) is 23.0. The molecule has 1 fully saturated rings. The van der Waals surface area contributed by atoms with Crippen LogP contribution in [0.3, 0.4) is 0 Å². The zero-order valence-electron chi connectivity index (χ0n) is 23.0. The Bertz CT molecular complexity index is 1470. The van der Waals surface area contributed by atoms with Gasteiger partial charge in [-0.05, 0) is 55.9 Å². The third kappa shape index (κ3) is 5.78. The highest BCUT2D eigenvalue weighted by molar-refractivity contribution is 5.91. The lowest BCUT2D eigenvalue weighted by molar-refractivity contribution is 0.177. The zero-order chi connectivity index (χ0) is 28.2. The van der Waals surface area contributed by atoms with Crippen molar-refractivity contribution in [2.75, 3.05) is 19.0 Å². The lowest BCUT2D eigenvalue weighted by Crippen LogP contribution is -2.40. The fourth-order valence-corrected chi connectivity index (χ4v) is 5.67. The van der Waals surface area contributed by atoms with Crippen LogP contribution in [0.4, 0.5) is 15.0 Å². The standard InChI is InChI=1S/C30H35FN6O3/c1-19-28(23-16-32-36(2)17-23)35-37(24-7-5-4-6-8-24)29(19)34-30(39)33-27-14-20(11-12-40-3)13-25(27)21-9-10-26(31)22(15-21)18-38/h4-10,15-17,20,25,27,38H,11-14,18H2,1-3H3,(H2,33,34,39)/t20-,25-,27+/m0/s1. The van der Waals surface area contributed by atoms with Gasteiger partial charge in [-0.3, -0.25) is 10.00 Å². The maximum absolute atomic E-state index is 14.1. The number of aryl methyl sites for hydroxylation is 1. The molecule has 0 unspecified atom stereocenters. The van der Waals surface area contributed by atoms with E-state index in [1.165, 1.54) is 6.07 Å². The Morgan fingerprint density at radius 2 is 2.00 bits per heavy atom. The number of hydrogen-bond donors (Lipinski definition) is 3. The quantitative estimate of drug-likeness (QED) is 0.276. The molecule has 2 heterocycles. The van der Waals surface area contributed by atoms with Crippen molar-refractivity contribution >= 4 is 11.8 Å². The van der Waals surface area contributed by atoms with Crippen molar-refractivity contribution in [1.82, 2.24) is 24.9 Å². The van der Waals surface area contributed by atoms with Crippen molar-refractivity contribution < 1.29 is 19.0 Å². The van der Waals surface area contributed by atoms with Crippen molar-refractivity contribution in [1.29, 1.82) is 0 Å². The summed E-state index contributed by atoms with van der Waals surface area (Å²) in [7, 11) is 3.53. The predicted molar refractivity (Wildman–Crippen MR) is 151 cm³/mol. The fraction of sp³-hybridized carbons (Fsp3) is 0.367. The third-order valence-corrected chi connectivity index (χ3v) is 7.71. The van der Waals surface area contributed by atoms with Gasteiger partial charge in [0.1, 0.15) is 17.3 Å². The van der Waals surface area contributed by atoms with E-state index in [9.17, 15) is 14.3 Å². The van der Waals surface area contributed by atoms with Gasteiger partial charge in [-0.1, -0.05) is 30.3 Å². The molecule has 40 heavy (non-hydrogen) atoms. The molecule has 3 N–H and O–H groups in total. The first-order valence-electron chi connectivity index (χ1n) is 13.5. The van der Waals surface area contributed by atoms with E-state index >= 15 is 0 Å². The van der Waals surface area contributed by atoms with Gasteiger partial charge in [0, 0.05) is 55.6 Å². The number of anilines is 1. The summed E-state index contributed by atoms with van der Waals surface area (Å²) in [5, 5.41) is 25.0. The fourth-order valence-electron chi connectivity index (χ4n) is 5.67. The number of halogens is 1. The number of amides is 2. The number of ether oxygens (including phenoxy) is 1. The van der Waals surface area contributed by atoms with E-state index in [1.807, 2.05) is 50.5 Å². The number of aliphatic hydroxyl groups is 1. The van der Waals surface area contributed by atoms with Crippen LogP contribution in [0.25, 0.3) is 16.9 Å². The Morgan fingerprint density at radius 3 is 2.70 bits per heavy atom. The molecular weight excluding hydrogens is 511 g/mol. The Hall–Kier alpha value is -4.02. The van der Waals surface area contributed by atoms with Crippen LogP contribution in [0, 0.1) is 18.7 Å². The number of para-hydroxylation sites is 1. The van der Waals surface area contributed by atoms with E-state index in [4.69, 9.17) is 9.84 Å². The molecule has 0 aliphatic heterocycles. The number of methoxy groups -OCH3 is 1. The molecule has 0 spiro atoms. The smallest absolute Gasteiger partial charge is 0.320 e. The third-order valence-electron chi connectivity index (χ3n) is 7.71. The molecule has 2 aromatic carbocycles. The van der Waals surface area contributed by atoms with Crippen molar-refractivity contribution in [2.45, 2.75) is 44.8 Å². The molecular formula is C30H35FN6O3. The van der Waals surface area contributed by atoms with E-state index in [-0.39, 0.29) is 30.2 Å². The van der Waals surface area contributed by atoms with E-state index in [1.54, 1.807) is 34.8 Å². The second kappa shape index (κ2) is 12.0. The lowest BCUT2D eigenvalue weighted by Gasteiger charge is -2.22. The Kier molecular flexibility index (Phi) is 8.27.